The zero-order valence-electron chi connectivity index (χ0n) is 7.83. The highest BCUT2D eigenvalue weighted by Gasteiger charge is 2.03. The zero-order chi connectivity index (χ0) is 9.97. The quantitative estimate of drug-likeness (QED) is 0.734. The highest BCUT2D eigenvalue weighted by Crippen LogP contribution is 2.22. The first-order valence-corrected chi connectivity index (χ1v) is 5.38. The third-order valence-corrected chi connectivity index (χ3v) is 2.97. The van der Waals surface area contributed by atoms with Crippen molar-refractivity contribution in [3.63, 3.8) is 0 Å². The number of rotatable bonds is 2. The molecule has 0 amide bonds. The molecule has 0 N–H and O–H groups in total. The lowest BCUT2D eigenvalue weighted by molar-refractivity contribution is 0.628. The highest BCUT2D eigenvalue weighted by molar-refractivity contribution is 7.09. The molecule has 72 valence electrons. The smallest absolute Gasteiger partial charge is 0.123 e. The predicted molar refractivity (Wildman–Crippen MR) is 56.9 cm³/mol. The van der Waals surface area contributed by atoms with E-state index in [-0.39, 0.29) is 5.82 Å². The van der Waals surface area contributed by atoms with Crippen LogP contribution < -0.4 is 0 Å². The molecule has 0 fully saturated rings. The lowest BCUT2D eigenvalue weighted by atomic mass is 10.2. The number of nitrogens with zero attached hydrogens (tertiary/aromatic N) is 1. The van der Waals surface area contributed by atoms with Gasteiger partial charge < -0.3 is 0 Å². The van der Waals surface area contributed by atoms with E-state index in [0.29, 0.717) is 0 Å². The van der Waals surface area contributed by atoms with E-state index >= 15 is 0 Å². The van der Waals surface area contributed by atoms with Crippen molar-refractivity contribution in [2.75, 3.05) is 0 Å². The van der Waals surface area contributed by atoms with Crippen LogP contribution in [0.2, 0.25) is 0 Å². The van der Waals surface area contributed by atoms with Gasteiger partial charge in [0, 0.05) is 10.9 Å². The van der Waals surface area contributed by atoms with Gasteiger partial charge in [-0.15, -0.1) is 11.3 Å². The molecule has 0 aliphatic heterocycles. The number of hydrogen-bond acceptors (Lipinski definition) is 2. The Morgan fingerprint density at radius 2 is 2.29 bits per heavy atom. The van der Waals surface area contributed by atoms with Crippen LogP contribution >= 0.6 is 11.3 Å². The topological polar surface area (TPSA) is 12.9 Å². The Labute approximate surface area is 86.2 Å². The van der Waals surface area contributed by atoms with Crippen LogP contribution in [0.15, 0.2) is 29.6 Å². The van der Waals surface area contributed by atoms with Crippen LogP contribution in [0, 0.1) is 5.82 Å². The van der Waals surface area contributed by atoms with Crippen molar-refractivity contribution in [2.24, 2.45) is 0 Å². The van der Waals surface area contributed by atoms with E-state index < -0.39 is 0 Å². The van der Waals surface area contributed by atoms with E-state index in [1.807, 2.05) is 11.4 Å². The normalized spacial score (nSPS) is 10.4. The summed E-state index contributed by atoms with van der Waals surface area (Å²) in [6.07, 6.45) is 0.931. The standard InChI is InChI=1S/C11H10FNS/c1-2-11-13-10(7-14-11)8-4-3-5-9(12)6-8/h3-7H,2H2,1H3. The molecule has 0 unspecified atom stereocenters. The summed E-state index contributed by atoms with van der Waals surface area (Å²) in [4.78, 5) is 4.39. The molecule has 0 bridgehead atoms. The molecule has 3 heteroatoms. The van der Waals surface area contributed by atoms with Gasteiger partial charge in [0.1, 0.15) is 5.82 Å². The van der Waals surface area contributed by atoms with Gasteiger partial charge in [-0.2, -0.15) is 0 Å². The summed E-state index contributed by atoms with van der Waals surface area (Å²) >= 11 is 1.62. The summed E-state index contributed by atoms with van der Waals surface area (Å²) in [6, 6.07) is 6.53. The van der Waals surface area contributed by atoms with Crippen LogP contribution in [0.1, 0.15) is 11.9 Å². The number of benzene rings is 1. The average molecular weight is 207 g/mol. The van der Waals surface area contributed by atoms with Crippen LogP contribution in [0.3, 0.4) is 0 Å². The van der Waals surface area contributed by atoms with Crippen molar-refractivity contribution in [1.82, 2.24) is 4.98 Å². The van der Waals surface area contributed by atoms with Crippen LogP contribution in [0.4, 0.5) is 4.39 Å². The molecule has 0 radical (unpaired) electrons. The first-order valence-electron chi connectivity index (χ1n) is 4.50. The van der Waals surface area contributed by atoms with Crippen LogP contribution in [0.25, 0.3) is 11.3 Å². The SMILES string of the molecule is CCc1nc(-c2cccc(F)c2)cs1. The van der Waals surface area contributed by atoms with E-state index in [1.165, 1.54) is 12.1 Å². The molecule has 14 heavy (non-hydrogen) atoms. The summed E-state index contributed by atoms with van der Waals surface area (Å²) in [5, 5.41) is 3.05. The van der Waals surface area contributed by atoms with Gasteiger partial charge in [0.2, 0.25) is 0 Å². The Kier molecular flexibility index (Phi) is 2.59. The van der Waals surface area contributed by atoms with Crippen LogP contribution in [-0.2, 0) is 6.42 Å². The minimum atomic E-state index is -0.214. The summed E-state index contributed by atoms with van der Waals surface area (Å²) in [6.45, 7) is 2.06. The Balaban J connectivity index is 2.39. The van der Waals surface area contributed by atoms with E-state index in [4.69, 9.17) is 0 Å². The fourth-order valence-electron chi connectivity index (χ4n) is 1.25. The van der Waals surface area contributed by atoms with E-state index in [2.05, 4.69) is 11.9 Å². The molecule has 0 aliphatic rings. The zero-order valence-corrected chi connectivity index (χ0v) is 8.64. The fourth-order valence-corrected chi connectivity index (χ4v) is 2.01. The lowest BCUT2D eigenvalue weighted by Gasteiger charge is -1.95. The minimum absolute atomic E-state index is 0.214. The van der Waals surface area contributed by atoms with Gasteiger partial charge in [-0.25, -0.2) is 9.37 Å². The molecule has 1 aromatic heterocycles. The molecule has 0 aliphatic carbocycles. The Hall–Kier alpha value is -1.22. The summed E-state index contributed by atoms with van der Waals surface area (Å²) in [7, 11) is 0. The minimum Gasteiger partial charge on any atom is -0.241 e. The van der Waals surface area contributed by atoms with Crippen molar-refractivity contribution in [3.8, 4) is 11.3 Å². The number of halogens is 1. The van der Waals surface area contributed by atoms with Gasteiger partial charge in [0.25, 0.3) is 0 Å². The van der Waals surface area contributed by atoms with Crippen molar-refractivity contribution < 1.29 is 4.39 Å². The first-order chi connectivity index (χ1) is 6.79. The molecule has 0 atom stereocenters. The monoisotopic (exact) mass is 207 g/mol. The van der Waals surface area contributed by atoms with Gasteiger partial charge in [-0.1, -0.05) is 19.1 Å². The second-order valence-corrected chi connectivity index (χ2v) is 3.93. The van der Waals surface area contributed by atoms with Crippen molar-refractivity contribution in [3.05, 3.63) is 40.5 Å². The third kappa shape index (κ3) is 1.82. The van der Waals surface area contributed by atoms with E-state index in [0.717, 1.165) is 22.7 Å². The van der Waals surface area contributed by atoms with Gasteiger partial charge >= 0.3 is 0 Å². The molecule has 0 spiro atoms. The lowest BCUT2D eigenvalue weighted by Crippen LogP contribution is -1.81. The summed E-state index contributed by atoms with van der Waals surface area (Å²) in [5.74, 6) is -0.214. The maximum absolute atomic E-state index is 12.9. The van der Waals surface area contributed by atoms with E-state index in [9.17, 15) is 4.39 Å². The van der Waals surface area contributed by atoms with Gasteiger partial charge in [0.05, 0.1) is 10.7 Å². The second-order valence-electron chi connectivity index (χ2n) is 2.99. The Morgan fingerprint density at radius 3 is 2.93 bits per heavy atom. The predicted octanol–water partition coefficient (Wildman–Crippen LogP) is 3.51. The maximum atomic E-state index is 12.9. The van der Waals surface area contributed by atoms with Gasteiger partial charge in [-0.05, 0) is 18.6 Å². The summed E-state index contributed by atoms with van der Waals surface area (Å²) < 4.78 is 12.9. The number of hydrogen-bond donors (Lipinski definition) is 0. The molecular formula is C11H10FNS. The molecule has 1 nitrogen and oxygen atoms in total. The largest absolute Gasteiger partial charge is 0.241 e. The molecule has 0 saturated heterocycles. The van der Waals surface area contributed by atoms with Crippen molar-refractivity contribution in [2.45, 2.75) is 13.3 Å². The molecule has 0 saturated carbocycles. The van der Waals surface area contributed by atoms with Gasteiger partial charge in [0.15, 0.2) is 0 Å². The van der Waals surface area contributed by atoms with Crippen molar-refractivity contribution in [1.29, 1.82) is 0 Å². The second kappa shape index (κ2) is 3.88. The molecule has 2 rings (SSSR count). The average Bonchev–Trinajstić information content (AvgIpc) is 2.66. The maximum Gasteiger partial charge on any atom is 0.123 e. The Morgan fingerprint density at radius 1 is 1.43 bits per heavy atom. The Bertz CT molecular complexity index is 436. The van der Waals surface area contributed by atoms with Gasteiger partial charge in [-0.3, -0.25) is 0 Å². The fraction of sp³-hybridized carbons (Fsp3) is 0.182. The molecule has 1 heterocycles. The van der Waals surface area contributed by atoms with Crippen LogP contribution in [0.5, 0.6) is 0 Å². The number of aryl methyl sites for hydroxylation is 1. The van der Waals surface area contributed by atoms with Crippen LogP contribution in [-0.4, -0.2) is 4.98 Å². The van der Waals surface area contributed by atoms with Crippen molar-refractivity contribution >= 4 is 11.3 Å². The number of aromatic nitrogens is 1. The summed E-state index contributed by atoms with van der Waals surface area (Å²) in [5.41, 5.74) is 1.72. The third-order valence-electron chi connectivity index (χ3n) is 1.97. The first kappa shape index (κ1) is 9.34. The van der Waals surface area contributed by atoms with E-state index in [1.54, 1.807) is 17.4 Å². The molecule has 1 aromatic carbocycles. The molecular weight excluding hydrogens is 197 g/mol. The molecule has 2 aromatic rings. The highest BCUT2D eigenvalue weighted by atomic mass is 32.1. The number of thiazole rings is 1.